The number of amides is 1. The van der Waals surface area contributed by atoms with Gasteiger partial charge in [0.15, 0.2) is 0 Å². The summed E-state index contributed by atoms with van der Waals surface area (Å²) in [5, 5.41) is 4.82. The molecule has 162 valence electrons. The standard InChI is InChI=1S/C22H25FN6O2/c1-15-19-20(24-14-25-21(19)31-26-15)29-8-4-5-16(13-29)22(30)28-11-9-27(10-12-28)18-7-3-2-6-17(18)23/h2-3,6-7,14,16H,4-5,8-13H2,1H3/t16-/m0/s1. The van der Waals surface area contributed by atoms with E-state index in [4.69, 9.17) is 4.52 Å². The van der Waals surface area contributed by atoms with Crippen molar-refractivity contribution in [1.29, 1.82) is 0 Å². The topological polar surface area (TPSA) is 78.6 Å². The maximum absolute atomic E-state index is 14.1. The Labute approximate surface area is 179 Å². The van der Waals surface area contributed by atoms with Crippen molar-refractivity contribution in [2.45, 2.75) is 19.8 Å². The molecule has 2 aliphatic heterocycles. The van der Waals surface area contributed by atoms with Gasteiger partial charge in [0.1, 0.15) is 23.3 Å². The highest BCUT2D eigenvalue weighted by Gasteiger charge is 2.32. The number of anilines is 2. The summed E-state index contributed by atoms with van der Waals surface area (Å²) in [4.78, 5) is 28.0. The molecule has 4 heterocycles. The molecule has 2 saturated heterocycles. The van der Waals surface area contributed by atoms with Crippen molar-refractivity contribution in [1.82, 2.24) is 20.0 Å². The zero-order valence-electron chi connectivity index (χ0n) is 17.5. The van der Waals surface area contributed by atoms with Crippen molar-refractivity contribution < 1.29 is 13.7 Å². The van der Waals surface area contributed by atoms with Crippen LogP contribution in [-0.4, -0.2) is 65.2 Å². The van der Waals surface area contributed by atoms with Gasteiger partial charge in [0.05, 0.1) is 17.3 Å². The van der Waals surface area contributed by atoms with Gasteiger partial charge in [0.2, 0.25) is 5.91 Å². The van der Waals surface area contributed by atoms with Crippen LogP contribution in [0, 0.1) is 18.7 Å². The van der Waals surface area contributed by atoms with E-state index in [-0.39, 0.29) is 17.6 Å². The normalized spacial score (nSPS) is 19.8. The van der Waals surface area contributed by atoms with Gasteiger partial charge in [-0.3, -0.25) is 4.79 Å². The fraction of sp³-hybridized carbons (Fsp3) is 0.455. The Morgan fingerprint density at radius 1 is 1.10 bits per heavy atom. The lowest BCUT2D eigenvalue weighted by molar-refractivity contribution is -0.136. The van der Waals surface area contributed by atoms with Crippen molar-refractivity contribution in [2.75, 3.05) is 49.1 Å². The number of benzene rings is 1. The molecule has 2 aliphatic rings. The third kappa shape index (κ3) is 3.68. The highest BCUT2D eigenvalue weighted by molar-refractivity contribution is 5.88. The molecule has 2 aromatic heterocycles. The van der Waals surface area contributed by atoms with Crippen LogP contribution >= 0.6 is 0 Å². The first-order valence-electron chi connectivity index (χ1n) is 10.7. The van der Waals surface area contributed by atoms with Crippen LogP contribution in [-0.2, 0) is 4.79 Å². The van der Waals surface area contributed by atoms with E-state index >= 15 is 0 Å². The Balaban J connectivity index is 1.26. The van der Waals surface area contributed by atoms with Gasteiger partial charge in [-0.1, -0.05) is 17.3 Å². The Hall–Kier alpha value is -3.23. The van der Waals surface area contributed by atoms with Crippen LogP contribution in [0.3, 0.4) is 0 Å². The number of halogens is 1. The molecular weight excluding hydrogens is 399 g/mol. The van der Waals surface area contributed by atoms with Gasteiger partial charge in [-0.2, -0.15) is 4.98 Å². The van der Waals surface area contributed by atoms with Crippen LogP contribution in [0.2, 0.25) is 0 Å². The first kappa shape index (κ1) is 19.7. The van der Waals surface area contributed by atoms with E-state index in [0.717, 1.165) is 36.3 Å². The summed E-state index contributed by atoms with van der Waals surface area (Å²) in [7, 11) is 0. The lowest BCUT2D eigenvalue weighted by Crippen LogP contribution is -2.52. The fourth-order valence-corrected chi connectivity index (χ4v) is 4.65. The number of aryl methyl sites for hydroxylation is 1. The molecule has 1 amide bonds. The molecule has 0 bridgehead atoms. The molecule has 8 nitrogen and oxygen atoms in total. The van der Waals surface area contributed by atoms with Gasteiger partial charge in [-0.05, 0) is 31.9 Å². The van der Waals surface area contributed by atoms with Gasteiger partial charge in [0.25, 0.3) is 5.71 Å². The number of carbonyl (C=O) groups is 1. The Bertz CT molecular complexity index is 1090. The predicted octanol–water partition coefficient (Wildman–Crippen LogP) is 2.63. The quantitative estimate of drug-likeness (QED) is 0.640. The zero-order chi connectivity index (χ0) is 21.4. The molecule has 0 spiro atoms. The first-order valence-corrected chi connectivity index (χ1v) is 10.7. The van der Waals surface area contributed by atoms with Gasteiger partial charge in [-0.15, -0.1) is 0 Å². The molecular formula is C22H25FN6O2. The van der Waals surface area contributed by atoms with Gasteiger partial charge in [0, 0.05) is 39.3 Å². The lowest BCUT2D eigenvalue weighted by atomic mass is 9.96. The number of aromatic nitrogens is 3. The van der Waals surface area contributed by atoms with Crippen LogP contribution in [0.15, 0.2) is 35.1 Å². The maximum Gasteiger partial charge on any atom is 0.263 e. The van der Waals surface area contributed by atoms with Crippen molar-refractivity contribution >= 4 is 28.5 Å². The molecule has 2 fully saturated rings. The smallest absolute Gasteiger partial charge is 0.263 e. The summed E-state index contributed by atoms with van der Waals surface area (Å²) in [5.74, 6) is 0.653. The molecule has 0 saturated carbocycles. The Kier molecular flexibility index (Phi) is 5.17. The molecule has 9 heteroatoms. The number of fused-ring (bicyclic) bond motifs is 1. The number of nitrogens with zero attached hydrogens (tertiary/aromatic N) is 6. The largest absolute Gasteiger partial charge is 0.366 e. The third-order valence-electron chi connectivity index (χ3n) is 6.28. The van der Waals surface area contributed by atoms with Crippen LogP contribution in [0.4, 0.5) is 15.9 Å². The van der Waals surface area contributed by atoms with Crippen molar-refractivity contribution in [2.24, 2.45) is 5.92 Å². The van der Waals surface area contributed by atoms with Gasteiger partial charge in [-0.25, -0.2) is 9.37 Å². The molecule has 5 rings (SSSR count). The number of piperazine rings is 1. The number of rotatable bonds is 3. The van der Waals surface area contributed by atoms with E-state index in [1.54, 1.807) is 12.1 Å². The average molecular weight is 424 g/mol. The van der Waals surface area contributed by atoms with Crippen LogP contribution < -0.4 is 9.80 Å². The summed E-state index contributed by atoms with van der Waals surface area (Å²) >= 11 is 0. The average Bonchev–Trinajstić information content (AvgIpc) is 3.20. The zero-order valence-corrected chi connectivity index (χ0v) is 17.5. The highest BCUT2D eigenvalue weighted by atomic mass is 19.1. The summed E-state index contributed by atoms with van der Waals surface area (Å²) in [5.41, 5.74) is 1.83. The van der Waals surface area contributed by atoms with Crippen molar-refractivity contribution in [3.8, 4) is 0 Å². The molecule has 1 aromatic carbocycles. The molecule has 0 unspecified atom stereocenters. The minimum Gasteiger partial charge on any atom is -0.366 e. The van der Waals surface area contributed by atoms with Crippen LogP contribution in [0.5, 0.6) is 0 Å². The minimum atomic E-state index is -0.217. The van der Waals surface area contributed by atoms with E-state index in [0.29, 0.717) is 44.1 Å². The molecule has 1 atom stereocenters. The number of hydrogen-bond donors (Lipinski definition) is 0. The number of hydrogen-bond acceptors (Lipinski definition) is 7. The number of carbonyl (C=O) groups excluding carboxylic acids is 1. The van der Waals surface area contributed by atoms with E-state index in [1.807, 2.05) is 22.8 Å². The van der Waals surface area contributed by atoms with Gasteiger partial charge < -0.3 is 19.2 Å². The molecule has 0 N–H and O–H groups in total. The Morgan fingerprint density at radius 2 is 1.90 bits per heavy atom. The minimum absolute atomic E-state index is 0.0843. The maximum atomic E-state index is 14.1. The summed E-state index contributed by atoms with van der Waals surface area (Å²) in [6.07, 6.45) is 3.26. The summed E-state index contributed by atoms with van der Waals surface area (Å²) < 4.78 is 19.4. The van der Waals surface area contributed by atoms with Crippen molar-refractivity contribution in [3.05, 3.63) is 42.1 Å². The van der Waals surface area contributed by atoms with E-state index in [1.165, 1.54) is 12.4 Å². The number of piperidine rings is 1. The number of para-hydroxylation sites is 1. The third-order valence-corrected chi connectivity index (χ3v) is 6.28. The molecule has 0 radical (unpaired) electrons. The first-order chi connectivity index (χ1) is 15.1. The summed E-state index contributed by atoms with van der Waals surface area (Å²) in [6.45, 7) is 5.80. The van der Waals surface area contributed by atoms with E-state index in [9.17, 15) is 9.18 Å². The highest BCUT2D eigenvalue weighted by Crippen LogP contribution is 2.30. The monoisotopic (exact) mass is 424 g/mol. The lowest BCUT2D eigenvalue weighted by Gasteiger charge is -2.40. The second-order valence-electron chi connectivity index (χ2n) is 8.19. The predicted molar refractivity (Wildman–Crippen MR) is 114 cm³/mol. The SMILES string of the molecule is Cc1noc2ncnc(N3CCC[C@H](C(=O)N4CCN(c5ccccc5F)CC4)C3)c12. The van der Waals surface area contributed by atoms with Crippen LogP contribution in [0.1, 0.15) is 18.5 Å². The molecule has 31 heavy (non-hydrogen) atoms. The van der Waals surface area contributed by atoms with E-state index in [2.05, 4.69) is 20.0 Å². The second-order valence-corrected chi connectivity index (χ2v) is 8.19. The molecule has 0 aliphatic carbocycles. The van der Waals surface area contributed by atoms with Crippen molar-refractivity contribution in [3.63, 3.8) is 0 Å². The molecule has 3 aromatic rings. The summed E-state index contributed by atoms with van der Waals surface area (Å²) in [6, 6.07) is 6.81. The Morgan fingerprint density at radius 3 is 2.71 bits per heavy atom. The van der Waals surface area contributed by atoms with E-state index < -0.39 is 0 Å². The van der Waals surface area contributed by atoms with Gasteiger partial charge >= 0.3 is 0 Å². The fourth-order valence-electron chi connectivity index (χ4n) is 4.65. The van der Waals surface area contributed by atoms with Crippen LogP contribution in [0.25, 0.3) is 11.1 Å². The second kappa shape index (κ2) is 8.13.